The monoisotopic (exact) mass is 1100 g/mol. The van der Waals surface area contributed by atoms with Gasteiger partial charge in [-0.15, -0.1) is 0 Å². The van der Waals surface area contributed by atoms with Gasteiger partial charge in [0.05, 0.1) is 25.4 Å². The van der Waals surface area contributed by atoms with E-state index < -0.39 is 67.4 Å². The molecule has 452 valence electrons. The highest BCUT2D eigenvalue weighted by Gasteiger charge is 2.47. The predicted octanol–water partition coefficient (Wildman–Crippen LogP) is 15.6. The van der Waals surface area contributed by atoms with Gasteiger partial charge < -0.3 is 45.1 Å². The summed E-state index contributed by atoms with van der Waals surface area (Å²) in [6.45, 7) is 5.65. The van der Waals surface area contributed by atoms with Crippen LogP contribution in [0.15, 0.2) is 72.9 Å². The number of rotatable bonds is 54. The summed E-state index contributed by atoms with van der Waals surface area (Å²) in [6, 6.07) is -1.03. The fourth-order valence-corrected chi connectivity index (χ4v) is 9.76. The lowest BCUT2D eigenvalue weighted by molar-refractivity contribution is -0.305. The van der Waals surface area contributed by atoms with E-state index >= 15 is 0 Å². The van der Waals surface area contributed by atoms with Crippen LogP contribution in [0, 0.1) is 0 Å². The van der Waals surface area contributed by atoms with Crippen LogP contribution in [-0.4, -0.2) is 99.6 Å². The highest BCUT2D eigenvalue weighted by atomic mass is 16.7. The summed E-state index contributed by atoms with van der Waals surface area (Å²) in [7, 11) is 0. The summed E-state index contributed by atoms with van der Waals surface area (Å²) in [4.78, 5) is 26.5. The van der Waals surface area contributed by atoms with Crippen LogP contribution in [0.3, 0.4) is 0 Å². The predicted molar refractivity (Wildman–Crippen MR) is 324 cm³/mol. The van der Waals surface area contributed by atoms with Gasteiger partial charge >= 0.3 is 5.97 Å². The molecule has 1 amide bonds. The number of unbranched alkanes of at least 4 members (excludes halogenated alkanes) is 30. The number of allylic oxidation sites excluding steroid dienone is 11. The Morgan fingerprint density at radius 2 is 0.923 bits per heavy atom. The largest absolute Gasteiger partial charge is 0.454 e. The SMILES string of the molecule is CC/C=C/C/C=C/CCCCCCCCC(O)C(=O)NC(COC1OC(CO)C(O)C(O)C1OC(=O)CCCCCCCCCCCCCC/C=C\C/C=C\C/C=C\CCCCC)C(O)/C=C/CCCCCCCCCCC. The van der Waals surface area contributed by atoms with Gasteiger partial charge in [0.15, 0.2) is 12.4 Å². The van der Waals surface area contributed by atoms with Gasteiger partial charge in [-0.25, -0.2) is 0 Å². The molecule has 8 atom stereocenters. The second-order valence-corrected chi connectivity index (χ2v) is 22.1. The van der Waals surface area contributed by atoms with Crippen molar-refractivity contribution in [2.75, 3.05) is 13.2 Å². The molecule has 0 saturated carbocycles. The minimum absolute atomic E-state index is 0.119. The van der Waals surface area contributed by atoms with Crippen LogP contribution in [-0.2, 0) is 23.8 Å². The molecule has 0 radical (unpaired) electrons. The molecule has 11 nitrogen and oxygen atoms in total. The van der Waals surface area contributed by atoms with Crippen molar-refractivity contribution in [3.05, 3.63) is 72.9 Å². The Kier molecular flexibility index (Phi) is 51.3. The Morgan fingerprint density at radius 1 is 0.513 bits per heavy atom. The molecule has 1 rings (SSSR count). The van der Waals surface area contributed by atoms with E-state index in [9.17, 15) is 35.1 Å². The number of hydrogen-bond acceptors (Lipinski definition) is 10. The lowest BCUT2D eigenvalue weighted by Gasteiger charge is -2.41. The van der Waals surface area contributed by atoms with Crippen molar-refractivity contribution >= 4 is 11.9 Å². The second kappa shape index (κ2) is 54.7. The first-order valence-electron chi connectivity index (χ1n) is 32.2. The number of amides is 1. The fraction of sp³-hybridized carbons (Fsp3) is 0.791. The second-order valence-electron chi connectivity index (χ2n) is 22.1. The average Bonchev–Trinajstić information content (AvgIpc) is 3.44. The minimum Gasteiger partial charge on any atom is -0.454 e. The van der Waals surface area contributed by atoms with Crippen molar-refractivity contribution in [3.8, 4) is 0 Å². The lowest BCUT2D eigenvalue weighted by Crippen LogP contribution is -2.61. The molecular formula is C67H119NO10. The van der Waals surface area contributed by atoms with E-state index in [1.807, 2.05) is 6.08 Å². The van der Waals surface area contributed by atoms with Crippen molar-refractivity contribution in [1.29, 1.82) is 0 Å². The van der Waals surface area contributed by atoms with E-state index in [1.54, 1.807) is 6.08 Å². The molecule has 11 heteroatoms. The molecule has 8 unspecified atom stereocenters. The molecule has 0 spiro atoms. The zero-order valence-electron chi connectivity index (χ0n) is 50.0. The molecule has 0 aliphatic carbocycles. The van der Waals surface area contributed by atoms with Crippen molar-refractivity contribution < 1.29 is 49.3 Å². The number of carbonyl (C=O) groups excluding carboxylic acids is 2. The van der Waals surface area contributed by atoms with Crippen LogP contribution in [0.5, 0.6) is 0 Å². The summed E-state index contributed by atoms with van der Waals surface area (Å²) >= 11 is 0. The van der Waals surface area contributed by atoms with Crippen LogP contribution in [0.1, 0.15) is 278 Å². The van der Waals surface area contributed by atoms with E-state index in [0.29, 0.717) is 12.8 Å². The van der Waals surface area contributed by atoms with Crippen molar-refractivity contribution in [1.82, 2.24) is 5.32 Å². The number of esters is 1. The van der Waals surface area contributed by atoms with Crippen molar-refractivity contribution in [3.63, 3.8) is 0 Å². The number of nitrogens with one attached hydrogen (secondary N) is 1. The molecule has 1 heterocycles. The summed E-state index contributed by atoms with van der Waals surface area (Å²) in [6.07, 6.45) is 59.5. The van der Waals surface area contributed by atoms with Gasteiger partial charge in [0.2, 0.25) is 5.91 Å². The van der Waals surface area contributed by atoms with Crippen molar-refractivity contribution in [2.24, 2.45) is 0 Å². The highest BCUT2D eigenvalue weighted by molar-refractivity contribution is 5.80. The van der Waals surface area contributed by atoms with E-state index in [4.69, 9.17) is 14.2 Å². The summed E-state index contributed by atoms with van der Waals surface area (Å²) < 4.78 is 17.6. The Bertz CT molecular complexity index is 1540. The molecule has 1 saturated heterocycles. The molecular weight excluding hydrogens is 979 g/mol. The number of aliphatic hydroxyl groups excluding tert-OH is 5. The molecule has 1 aliphatic rings. The molecule has 78 heavy (non-hydrogen) atoms. The maximum Gasteiger partial charge on any atom is 0.306 e. The standard InChI is InChI=1S/C67H119NO10/c1-4-7-10-13-16-19-22-24-25-26-27-28-29-30-31-32-33-34-35-37-40-43-46-49-52-55-62(72)78-65-64(74)63(73)61(56-69)77-67(65)76-57-58(59(70)53-50-47-44-41-38-21-18-15-12-9-6-3)68-66(75)60(71)54-51-48-45-42-39-36-23-20-17-14-11-8-5-2/h8,11,16-17,19-20,24-25,27-28,50,53,58-61,63-65,67,69-71,73-74H,4-7,9-10,12-15,18,21-23,26,29-49,51-52,54-57H2,1-3H3,(H,68,75)/b11-8+,19-16-,20-17+,25-24-,28-27-,53-50+. The Morgan fingerprint density at radius 3 is 1.41 bits per heavy atom. The fourth-order valence-electron chi connectivity index (χ4n) is 9.76. The first-order chi connectivity index (χ1) is 38.2. The molecule has 6 N–H and O–H groups in total. The van der Waals surface area contributed by atoms with Crippen LogP contribution in [0.4, 0.5) is 0 Å². The third-order valence-corrected chi connectivity index (χ3v) is 14.8. The number of carbonyl (C=O) groups is 2. The maximum atomic E-state index is 13.4. The van der Waals surface area contributed by atoms with Gasteiger partial charge in [0.1, 0.15) is 24.4 Å². The topological polar surface area (TPSA) is 175 Å². The van der Waals surface area contributed by atoms with E-state index in [0.717, 1.165) is 103 Å². The van der Waals surface area contributed by atoms with Gasteiger partial charge in [-0.05, 0) is 89.9 Å². The minimum atomic E-state index is -1.62. The van der Waals surface area contributed by atoms with Gasteiger partial charge in [0, 0.05) is 6.42 Å². The third-order valence-electron chi connectivity index (χ3n) is 14.8. The highest BCUT2D eigenvalue weighted by Crippen LogP contribution is 2.26. The van der Waals surface area contributed by atoms with Gasteiger partial charge in [-0.1, -0.05) is 254 Å². The average molecular weight is 1100 g/mol. The van der Waals surface area contributed by atoms with Crippen molar-refractivity contribution in [2.45, 2.75) is 327 Å². The smallest absolute Gasteiger partial charge is 0.306 e. The van der Waals surface area contributed by atoms with Gasteiger partial charge in [0.25, 0.3) is 0 Å². The molecule has 0 aromatic heterocycles. The Labute approximate surface area is 477 Å². The molecule has 0 bridgehead atoms. The van der Waals surface area contributed by atoms with Crippen LogP contribution >= 0.6 is 0 Å². The summed E-state index contributed by atoms with van der Waals surface area (Å²) in [5, 5.41) is 56.9. The van der Waals surface area contributed by atoms with E-state index in [2.05, 4.69) is 86.8 Å². The Balaban J connectivity index is 2.58. The van der Waals surface area contributed by atoms with Crippen LogP contribution in [0.2, 0.25) is 0 Å². The lowest BCUT2D eigenvalue weighted by atomic mass is 9.99. The number of aliphatic hydroxyl groups is 5. The molecule has 0 aromatic carbocycles. The van der Waals surface area contributed by atoms with Crippen LogP contribution in [0.25, 0.3) is 0 Å². The maximum absolute atomic E-state index is 13.4. The molecule has 1 aliphatic heterocycles. The third kappa shape index (κ3) is 42.0. The Hall–Kier alpha value is -2.90. The normalized spacial score (nSPS) is 19.4. The number of hydrogen-bond donors (Lipinski definition) is 6. The number of ether oxygens (including phenoxy) is 3. The first-order valence-corrected chi connectivity index (χ1v) is 32.2. The van der Waals surface area contributed by atoms with Gasteiger partial charge in [-0.2, -0.15) is 0 Å². The van der Waals surface area contributed by atoms with E-state index in [1.165, 1.54) is 128 Å². The first kappa shape index (κ1) is 73.1. The zero-order chi connectivity index (χ0) is 56.8. The molecule has 1 fully saturated rings. The van der Waals surface area contributed by atoms with Gasteiger partial charge in [-0.3, -0.25) is 9.59 Å². The summed E-state index contributed by atoms with van der Waals surface area (Å²) in [5.74, 6) is -1.20. The zero-order valence-corrected chi connectivity index (χ0v) is 50.0. The molecule has 0 aromatic rings. The van der Waals surface area contributed by atoms with E-state index in [-0.39, 0.29) is 19.4 Å². The summed E-state index contributed by atoms with van der Waals surface area (Å²) in [5.41, 5.74) is 0. The van der Waals surface area contributed by atoms with Crippen LogP contribution < -0.4 is 5.32 Å². The quantitative estimate of drug-likeness (QED) is 0.0195.